The molecule has 1 aliphatic heterocycles. The standard InChI is InChI=1S/C34H37BrClN3O6S/c35-25(5-2-15-46(43,44)33-37-13-3-14-38-33)18-30(40)27-9-6-24(27)19-39-20-34(12-1-4-22-16-26(36)8-10-28(22)34)21-45-31-11-7-23(32(41)42)17-29(31)39/h3,7-8,10-11,13-14,16-18,24,27,30,40H,1-2,4-6,9,12,15,19-21H2,(H,41,42)/b25-18-/t24-,27-,30-,34?/m1/s1. The highest BCUT2D eigenvalue weighted by atomic mass is 79.9. The minimum atomic E-state index is -3.58. The lowest BCUT2D eigenvalue weighted by molar-refractivity contribution is 0.0455. The first-order chi connectivity index (χ1) is 22.0. The fourth-order valence-corrected chi connectivity index (χ4v) is 9.06. The lowest BCUT2D eigenvalue weighted by atomic mass is 9.68. The number of carboxylic acid groups (broad SMARTS) is 1. The fraction of sp³-hybridized carbons (Fsp3) is 0.441. The molecule has 1 spiro atoms. The third-order valence-corrected chi connectivity index (χ3v) is 12.1. The van der Waals surface area contributed by atoms with Gasteiger partial charge >= 0.3 is 5.97 Å². The predicted molar refractivity (Wildman–Crippen MR) is 180 cm³/mol. The molecule has 46 heavy (non-hydrogen) atoms. The fourth-order valence-electron chi connectivity index (χ4n) is 7.16. The van der Waals surface area contributed by atoms with Crippen LogP contribution in [0.15, 0.2) is 70.6 Å². The number of sulfone groups is 1. The summed E-state index contributed by atoms with van der Waals surface area (Å²) in [5.41, 5.74) is 3.15. The van der Waals surface area contributed by atoms with Crippen molar-refractivity contribution in [1.82, 2.24) is 9.97 Å². The number of anilines is 1. The Balaban J connectivity index is 1.18. The van der Waals surface area contributed by atoms with Crippen molar-refractivity contribution in [2.24, 2.45) is 11.8 Å². The van der Waals surface area contributed by atoms with Crippen LogP contribution in [0.4, 0.5) is 5.69 Å². The van der Waals surface area contributed by atoms with Crippen LogP contribution in [0, 0.1) is 11.8 Å². The van der Waals surface area contributed by atoms with E-state index in [1.807, 2.05) is 6.07 Å². The molecule has 2 heterocycles. The molecule has 9 nitrogen and oxygen atoms in total. The van der Waals surface area contributed by atoms with Gasteiger partial charge in [-0.3, -0.25) is 0 Å². The molecule has 3 aromatic rings. The normalized spacial score (nSPS) is 23.5. The number of ether oxygens (including phenoxy) is 1. The SMILES string of the molecule is O=C(O)c1ccc2c(c1)N(C[C@H]1CC[C@H]1[C@H](O)/C=C(\Br)CCCS(=O)(=O)c1ncccn1)CC1(CCCc3cc(Cl)ccc31)CO2. The first-order valence-corrected chi connectivity index (χ1v) is 18.4. The van der Waals surface area contributed by atoms with E-state index >= 15 is 0 Å². The smallest absolute Gasteiger partial charge is 0.335 e. The molecule has 2 aliphatic carbocycles. The van der Waals surface area contributed by atoms with Crippen LogP contribution in [0.25, 0.3) is 0 Å². The number of hydrogen-bond donors (Lipinski definition) is 2. The number of fused-ring (bicyclic) bond motifs is 3. The summed E-state index contributed by atoms with van der Waals surface area (Å²) >= 11 is 9.92. The third kappa shape index (κ3) is 6.98. The van der Waals surface area contributed by atoms with E-state index in [0.717, 1.165) is 42.3 Å². The number of allylic oxidation sites excluding steroid dienone is 1. The van der Waals surface area contributed by atoms with Crippen molar-refractivity contribution < 1.29 is 28.2 Å². The summed E-state index contributed by atoms with van der Waals surface area (Å²) in [5, 5.41) is 21.6. The maximum absolute atomic E-state index is 12.5. The second-order valence-electron chi connectivity index (χ2n) is 12.7. The second-order valence-corrected chi connectivity index (χ2v) is 16.1. The quantitative estimate of drug-likeness (QED) is 0.234. The minimum Gasteiger partial charge on any atom is -0.490 e. The third-order valence-electron chi connectivity index (χ3n) is 9.65. The molecule has 4 atom stereocenters. The highest BCUT2D eigenvalue weighted by Crippen LogP contribution is 2.46. The Bertz CT molecular complexity index is 1740. The molecule has 2 N–H and O–H groups in total. The molecule has 2 aromatic carbocycles. The number of benzene rings is 2. The van der Waals surface area contributed by atoms with Crippen LogP contribution in [-0.4, -0.2) is 66.1 Å². The van der Waals surface area contributed by atoms with Gasteiger partial charge in [-0.25, -0.2) is 23.2 Å². The van der Waals surface area contributed by atoms with Gasteiger partial charge in [-0.15, -0.1) is 0 Å². The molecule has 1 aromatic heterocycles. The van der Waals surface area contributed by atoms with Crippen molar-refractivity contribution in [2.45, 2.75) is 61.6 Å². The Kier molecular flexibility index (Phi) is 9.75. The van der Waals surface area contributed by atoms with Crippen LogP contribution in [-0.2, 0) is 21.7 Å². The van der Waals surface area contributed by atoms with E-state index in [9.17, 15) is 23.4 Å². The van der Waals surface area contributed by atoms with Gasteiger partial charge in [0.05, 0.1) is 29.7 Å². The molecule has 1 saturated carbocycles. The number of halogens is 2. The van der Waals surface area contributed by atoms with Gasteiger partial charge in [0.25, 0.3) is 0 Å². The average Bonchev–Trinajstić information content (AvgIpc) is 3.16. The lowest BCUT2D eigenvalue weighted by Gasteiger charge is -2.45. The van der Waals surface area contributed by atoms with Crippen LogP contribution in [0.5, 0.6) is 5.75 Å². The maximum Gasteiger partial charge on any atom is 0.335 e. The molecule has 0 amide bonds. The number of aliphatic hydroxyl groups excluding tert-OH is 1. The van der Waals surface area contributed by atoms with Crippen molar-refractivity contribution in [3.05, 3.63) is 87.1 Å². The monoisotopic (exact) mass is 729 g/mol. The van der Waals surface area contributed by atoms with Gasteiger partial charge in [-0.2, -0.15) is 0 Å². The van der Waals surface area contributed by atoms with Crippen LogP contribution in [0.1, 0.15) is 60.0 Å². The lowest BCUT2D eigenvalue weighted by Crippen LogP contribution is -2.49. The summed E-state index contributed by atoms with van der Waals surface area (Å²) in [4.78, 5) is 21.9. The summed E-state index contributed by atoms with van der Waals surface area (Å²) in [7, 11) is -3.58. The summed E-state index contributed by atoms with van der Waals surface area (Å²) in [6.45, 7) is 1.79. The zero-order chi connectivity index (χ0) is 32.5. The second kappa shape index (κ2) is 13.6. The number of carboxylic acids is 1. The topological polar surface area (TPSA) is 130 Å². The Morgan fingerprint density at radius 1 is 1.20 bits per heavy atom. The minimum absolute atomic E-state index is 0.0117. The van der Waals surface area contributed by atoms with Crippen LogP contribution in [0.3, 0.4) is 0 Å². The number of aromatic nitrogens is 2. The summed E-state index contributed by atoms with van der Waals surface area (Å²) in [5.74, 6) is -0.230. The van der Waals surface area contributed by atoms with Crippen LogP contribution >= 0.6 is 27.5 Å². The number of aryl methyl sites for hydroxylation is 1. The Morgan fingerprint density at radius 2 is 2.00 bits per heavy atom. The molecule has 0 radical (unpaired) electrons. The predicted octanol–water partition coefficient (Wildman–Crippen LogP) is 6.22. The number of hydrogen-bond acceptors (Lipinski definition) is 8. The number of carbonyl (C=O) groups is 1. The highest BCUT2D eigenvalue weighted by Gasteiger charge is 2.44. The van der Waals surface area contributed by atoms with Crippen molar-refractivity contribution in [1.29, 1.82) is 0 Å². The largest absolute Gasteiger partial charge is 0.490 e. The molecule has 6 rings (SSSR count). The van der Waals surface area contributed by atoms with Crippen LogP contribution in [0.2, 0.25) is 5.02 Å². The first kappa shape index (κ1) is 32.9. The Hall–Kier alpha value is -2.99. The van der Waals surface area contributed by atoms with E-state index in [4.69, 9.17) is 16.3 Å². The van der Waals surface area contributed by atoms with Crippen molar-refractivity contribution in [2.75, 3.05) is 30.3 Å². The van der Waals surface area contributed by atoms with Crippen LogP contribution < -0.4 is 9.64 Å². The van der Waals surface area contributed by atoms with Crippen molar-refractivity contribution in [3.8, 4) is 5.75 Å². The number of rotatable bonds is 10. The maximum atomic E-state index is 12.5. The van der Waals surface area contributed by atoms with Gasteiger partial charge in [0, 0.05) is 35.9 Å². The molecule has 244 valence electrons. The molecule has 0 bridgehead atoms. The van der Waals surface area contributed by atoms with Crippen molar-refractivity contribution >= 4 is 49.0 Å². The van der Waals surface area contributed by atoms with Gasteiger partial charge in [0.15, 0.2) is 0 Å². The van der Waals surface area contributed by atoms with Gasteiger partial charge in [-0.1, -0.05) is 33.6 Å². The number of aliphatic hydroxyl groups is 1. The molecular formula is C34H37BrClN3O6S. The van der Waals surface area contributed by atoms with E-state index in [0.29, 0.717) is 43.3 Å². The average molecular weight is 731 g/mol. The van der Waals surface area contributed by atoms with Gasteiger partial charge in [0.1, 0.15) is 5.75 Å². The van der Waals surface area contributed by atoms with E-state index in [1.54, 1.807) is 30.3 Å². The zero-order valence-electron chi connectivity index (χ0n) is 25.3. The molecule has 3 aliphatic rings. The molecule has 1 unspecified atom stereocenters. The summed E-state index contributed by atoms with van der Waals surface area (Å²) < 4.78 is 32.3. The molecule has 12 heteroatoms. The van der Waals surface area contributed by atoms with Gasteiger partial charge < -0.3 is 19.8 Å². The zero-order valence-corrected chi connectivity index (χ0v) is 28.5. The number of aromatic carboxylic acids is 1. The van der Waals surface area contributed by atoms with Crippen molar-refractivity contribution in [3.63, 3.8) is 0 Å². The van der Waals surface area contributed by atoms with Gasteiger partial charge in [0.2, 0.25) is 15.0 Å². The van der Waals surface area contributed by atoms with E-state index in [2.05, 4.69) is 42.9 Å². The summed E-state index contributed by atoms with van der Waals surface area (Å²) in [6.07, 6.45) is 9.42. The molecule has 0 saturated heterocycles. The van der Waals surface area contributed by atoms with E-state index < -0.39 is 21.9 Å². The Morgan fingerprint density at radius 3 is 2.74 bits per heavy atom. The first-order valence-electron chi connectivity index (χ1n) is 15.6. The Labute approximate surface area is 282 Å². The van der Waals surface area contributed by atoms with E-state index in [-0.39, 0.29) is 33.7 Å². The highest BCUT2D eigenvalue weighted by molar-refractivity contribution is 9.11. The summed E-state index contributed by atoms with van der Waals surface area (Å²) in [6, 6.07) is 12.7. The van der Waals surface area contributed by atoms with E-state index in [1.165, 1.54) is 23.5 Å². The molecular weight excluding hydrogens is 694 g/mol. The number of nitrogens with zero attached hydrogens (tertiary/aromatic N) is 3. The van der Waals surface area contributed by atoms with Gasteiger partial charge in [-0.05, 0) is 115 Å². The molecule has 1 fully saturated rings.